The monoisotopic (exact) mass is 531 g/mol. The Morgan fingerprint density at radius 1 is 1.20 bits per heavy atom. The second-order valence-electron chi connectivity index (χ2n) is 6.97. The number of halogens is 1. The van der Waals surface area contributed by atoms with E-state index in [9.17, 15) is 14.9 Å². The maximum absolute atomic E-state index is 12.6. The zero-order valence-corrected chi connectivity index (χ0v) is 21.6. The van der Waals surface area contributed by atoms with Crippen LogP contribution in [0.4, 0.5) is 5.00 Å². The van der Waals surface area contributed by atoms with Gasteiger partial charge in [-0.25, -0.2) is 14.6 Å². The Morgan fingerprint density at radius 2 is 1.94 bits per heavy atom. The molecule has 3 aromatic rings. The molecule has 0 aliphatic rings. The molecule has 8 nitrogen and oxygen atoms in total. The van der Waals surface area contributed by atoms with Gasteiger partial charge in [-0.05, 0) is 31.5 Å². The summed E-state index contributed by atoms with van der Waals surface area (Å²) in [6, 6.07) is 9.36. The zero-order chi connectivity index (χ0) is 25.4. The Labute approximate surface area is 215 Å². The molecule has 0 saturated carbocycles. The number of allylic oxidation sites excluding steroid dienone is 1. The molecule has 0 amide bonds. The van der Waals surface area contributed by atoms with E-state index in [2.05, 4.69) is 16.4 Å². The van der Waals surface area contributed by atoms with Gasteiger partial charge in [-0.15, -0.1) is 22.7 Å². The summed E-state index contributed by atoms with van der Waals surface area (Å²) >= 11 is 8.31. The molecular formula is C24H22ClN3O5S2. The number of anilines is 1. The third-order valence-corrected chi connectivity index (χ3v) is 7.01. The molecular weight excluding hydrogens is 510 g/mol. The molecule has 0 aliphatic carbocycles. The van der Waals surface area contributed by atoms with Crippen molar-refractivity contribution < 1.29 is 23.8 Å². The Morgan fingerprint density at radius 3 is 2.60 bits per heavy atom. The van der Waals surface area contributed by atoms with Gasteiger partial charge in [-0.1, -0.05) is 23.7 Å². The number of nitriles is 1. The first-order valence-electron chi connectivity index (χ1n) is 10.4. The SMILES string of the molecule is CCOC(=O)c1c(NC=C(C#N)c2nc(-c3ccc(Cl)cc3)cs2)sc(C(=O)OCCOC)c1C. The molecule has 2 aromatic heterocycles. The van der Waals surface area contributed by atoms with E-state index in [1.807, 2.05) is 17.5 Å². The minimum Gasteiger partial charge on any atom is -0.462 e. The fourth-order valence-electron chi connectivity index (χ4n) is 2.97. The van der Waals surface area contributed by atoms with Crippen molar-refractivity contribution in [2.45, 2.75) is 13.8 Å². The summed E-state index contributed by atoms with van der Waals surface area (Å²) in [6.07, 6.45) is 1.46. The maximum Gasteiger partial charge on any atom is 0.348 e. The van der Waals surface area contributed by atoms with Crippen molar-refractivity contribution in [2.75, 3.05) is 32.2 Å². The van der Waals surface area contributed by atoms with Crippen LogP contribution in [0.2, 0.25) is 5.02 Å². The Bertz CT molecular complexity index is 1280. The lowest BCUT2D eigenvalue weighted by Crippen LogP contribution is -2.11. The first kappa shape index (κ1) is 26.4. The van der Waals surface area contributed by atoms with Crippen LogP contribution in [0.5, 0.6) is 0 Å². The van der Waals surface area contributed by atoms with Gasteiger partial charge in [0.2, 0.25) is 0 Å². The van der Waals surface area contributed by atoms with E-state index in [0.717, 1.165) is 16.9 Å². The topological polar surface area (TPSA) is 111 Å². The van der Waals surface area contributed by atoms with Crippen molar-refractivity contribution >= 4 is 56.8 Å². The number of nitrogens with one attached hydrogen (secondary N) is 1. The van der Waals surface area contributed by atoms with Gasteiger partial charge in [0.15, 0.2) is 0 Å². The second kappa shape index (κ2) is 12.5. The highest BCUT2D eigenvalue weighted by atomic mass is 35.5. The summed E-state index contributed by atoms with van der Waals surface area (Å²) in [5.41, 5.74) is 2.50. The number of thiazole rings is 1. The summed E-state index contributed by atoms with van der Waals surface area (Å²) in [6.45, 7) is 3.86. The molecule has 0 aliphatic heterocycles. The van der Waals surface area contributed by atoms with E-state index in [1.54, 1.807) is 26.0 Å². The number of nitrogens with zero attached hydrogens (tertiary/aromatic N) is 2. The molecule has 0 bridgehead atoms. The van der Waals surface area contributed by atoms with Crippen LogP contribution in [0, 0.1) is 18.3 Å². The molecule has 35 heavy (non-hydrogen) atoms. The highest BCUT2D eigenvalue weighted by molar-refractivity contribution is 7.18. The predicted molar refractivity (Wildman–Crippen MR) is 137 cm³/mol. The smallest absolute Gasteiger partial charge is 0.348 e. The van der Waals surface area contributed by atoms with Crippen molar-refractivity contribution in [1.29, 1.82) is 5.26 Å². The maximum atomic E-state index is 12.6. The van der Waals surface area contributed by atoms with Crippen molar-refractivity contribution in [3.05, 3.63) is 61.9 Å². The fourth-order valence-corrected chi connectivity index (χ4v) is 4.95. The van der Waals surface area contributed by atoms with Gasteiger partial charge < -0.3 is 19.5 Å². The van der Waals surface area contributed by atoms with Crippen LogP contribution in [0.25, 0.3) is 16.8 Å². The molecule has 1 N–H and O–H groups in total. The van der Waals surface area contributed by atoms with Crippen LogP contribution in [0.15, 0.2) is 35.8 Å². The molecule has 2 heterocycles. The van der Waals surface area contributed by atoms with Crippen LogP contribution < -0.4 is 5.32 Å². The average molecular weight is 532 g/mol. The first-order valence-corrected chi connectivity index (χ1v) is 12.5. The highest BCUT2D eigenvalue weighted by Gasteiger charge is 2.26. The van der Waals surface area contributed by atoms with Crippen LogP contribution in [-0.4, -0.2) is 43.9 Å². The van der Waals surface area contributed by atoms with Gasteiger partial charge in [0, 0.05) is 29.3 Å². The van der Waals surface area contributed by atoms with Crippen LogP contribution >= 0.6 is 34.3 Å². The van der Waals surface area contributed by atoms with Gasteiger partial charge in [-0.3, -0.25) is 0 Å². The lowest BCUT2D eigenvalue weighted by Gasteiger charge is -2.05. The van der Waals surface area contributed by atoms with Crippen LogP contribution in [0.3, 0.4) is 0 Å². The summed E-state index contributed by atoms with van der Waals surface area (Å²) < 4.78 is 15.3. The molecule has 0 radical (unpaired) electrons. The molecule has 1 aromatic carbocycles. The molecule has 0 unspecified atom stereocenters. The number of rotatable bonds is 10. The minimum absolute atomic E-state index is 0.0860. The van der Waals surface area contributed by atoms with Crippen molar-refractivity contribution in [3.8, 4) is 17.3 Å². The molecule has 0 atom stereocenters. The normalized spacial score (nSPS) is 11.1. The Hall–Kier alpha value is -3.23. The summed E-state index contributed by atoms with van der Waals surface area (Å²) in [7, 11) is 1.51. The summed E-state index contributed by atoms with van der Waals surface area (Å²) in [5.74, 6) is -1.15. The van der Waals surface area contributed by atoms with Gasteiger partial charge in [0.05, 0.1) is 24.5 Å². The number of aromatic nitrogens is 1. The van der Waals surface area contributed by atoms with Crippen molar-refractivity contribution in [2.24, 2.45) is 0 Å². The standard InChI is InChI=1S/C24H22ClN3O5S2/c1-4-32-23(29)19-14(2)20(24(30)33-10-9-31-3)35-22(19)27-12-16(11-26)21-28-18(13-34-21)15-5-7-17(25)8-6-15/h5-8,12-13,27H,4,9-10H2,1-3H3. The number of esters is 2. The third kappa shape index (κ3) is 6.46. The van der Waals surface area contributed by atoms with Crippen LogP contribution in [0.1, 0.15) is 37.5 Å². The number of hydrogen-bond donors (Lipinski definition) is 1. The van der Waals surface area contributed by atoms with E-state index in [-0.39, 0.29) is 35.8 Å². The van der Waals surface area contributed by atoms with Crippen molar-refractivity contribution in [3.63, 3.8) is 0 Å². The molecule has 0 saturated heterocycles. The van der Waals surface area contributed by atoms with E-state index in [0.29, 0.717) is 26.3 Å². The van der Waals surface area contributed by atoms with Gasteiger partial charge in [-0.2, -0.15) is 5.26 Å². The van der Waals surface area contributed by atoms with E-state index >= 15 is 0 Å². The summed E-state index contributed by atoms with van der Waals surface area (Å²) in [4.78, 5) is 30.0. The number of carbonyl (C=O) groups excluding carboxylic acids is 2. The number of ether oxygens (including phenoxy) is 3. The summed E-state index contributed by atoms with van der Waals surface area (Å²) in [5, 5.41) is 16.0. The van der Waals surface area contributed by atoms with E-state index in [4.69, 9.17) is 25.8 Å². The number of thiophene rings is 1. The molecule has 11 heteroatoms. The largest absolute Gasteiger partial charge is 0.462 e. The number of benzene rings is 1. The quantitative estimate of drug-likeness (QED) is 0.199. The average Bonchev–Trinajstić information content (AvgIpc) is 3.45. The minimum atomic E-state index is -0.578. The van der Waals surface area contributed by atoms with E-state index in [1.165, 1.54) is 24.6 Å². The molecule has 3 rings (SSSR count). The predicted octanol–water partition coefficient (Wildman–Crippen LogP) is 5.79. The highest BCUT2D eigenvalue weighted by Crippen LogP contribution is 2.35. The Balaban J connectivity index is 1.89. The van der Waals surface area contributed by atoms with Crippen LogP contribution in [-0.2, 0) is 14.2 Å². The molecule has 182 valence electrons. The van der Waals surface area contributed by atoms with Gasteiger partial charge >= 0.3 is 11.9 Å². The van der Waals surface area contributed by atoms with E-state index < -0.39 is 11.9 Å². The number of methoxy groups -OCH3 is 1. The van der Waals surface area contributed by atoms with Crippen molar-refractivity contribution in [1.82, 2.24) is 4.98 Å². The second-order valence-corrected chi connectivity index (χ2v) is 9.28. The fraction of sp³-hybridized carbons (Fsp3) is 0.250. The molecule has 0 fully saturated rings. The Kier molecular flexibility index (Phi) is 9.39. The number of hydrogen-bond acceptors (Lipinski definition) is 10. The van der Waals surface area contributed by atoms with Gasteiger partial charge in [0.1, 0.15) is 33.1 Å². The molecule has 0 spiro atoms. The third-order valence-electron chi connectivity index (χ3n) is 4.67. The zero-order valence-electron chi connectivity index (χ0n) is 19.2. The van der Waals surface area contributed by atoms with Gasteiger partial charge in [0.25, 0.3) is 0 Å². The number of carbonyl (C=O) groups is 2. The lowest BCUT2D eigenvalue weighted by atomic mass is 10.1. The first-order chi connectivity index (χ1) is 16.9. The lowest BCUT2D eigenvalue weighted by molar-refractivity contribution is 0.0393.